The molecule has 3 heteroatoms. The molecule has 0 atom stereocenters. The third-order valence-corrected chi connectivity index (χ3v) is 2.04. The van der Waals surface area contributed by atoms with E-state index in [0.717, 1.165) is 5.56 Å². The van der Waals surface area contributed by atoms with Crippen LogP contribution < -0.4 is 5.32 Å². The van der Waals surface area contributed by atoms with Crippen molar-refractivity contribution in [3.63, 3.8) is 0 Å². The average Bonchev–Trinajstić information content (AvgIpc) is 2.13. The number of halogens is 1. The second kappa shape index (κ2) is 4.76. The normalized spacial score (nSPS) is 9.54. The smallest absolute Gasteiger partial charge is 0.134 e. The van der Waals surface area contributed by atoms with Crippen LogP contribution in [0.2, 0.25) is 5.02 Å². The predicted molar refractivity (Wildman–Crippen MR) is 53.7 cm³/mol. The van der Waals surface area contributed by atoms with Crippen LogP contribution >= 0.6 is 11.6 Å². The maximum absolute atomic E-state index is 9.26. The highest BCUT2D eigenvalue weighted by Gasteiger charge is 2.02. The van der Waals surface area contributed by atoms with Crippen LogP contribution in [-0.4, -0.2) is 11.7 Å². The first-order chi connectivity index (χ1) is 6.25. The van der Waals surface area contributed by atoms with Crippen molar-refractivity contribution in [2.75, 3.05) is 6.54 Å². The summed E-state index contributed by atoms with van der Waals surface area (Å²) in [5, 5.41) is 12.6. The fourth-order valence-electron chi connectivity index (χ4n) is 0.972. The van der Waals surface area contributed by atoms with Crippen molar-refractivity contribution in [2.45, 2.75) is 6.54 Å². The van der Waals surface area contributed by atoms with Crippen molar-refractivity contribution in [1.29, 1.82) is 0 Å². The van der Waals surface area contributed by atoms with Crippen LogP contribution in [0.4, 0.5) is 0 Å². The number of hydrogen-bond acceptors (Lipinski definition) is 2. The van der Waals surface area contributed by atoms with Crippen LogP contribution in [0.3, 0.4) is 0 Å². The lowest BCUT2D eigenvalue weighted by Gasteiger charge is -2.05. The zero-order chi connectivity index (χ0) is 9.68. The molecule has 0 aliphatic heterocycles. The summed E-state index contributed by atoms with van der Waals surface area (Å²) in [4.78, 5) is 0. The number of terminal acetylenes is 1. The first-order valence-electron chi connectivity index (χ1n) is 3.86. The van der Waals surface area contributed by atoms with Crippen molar-refractivity contribution in [3.05, 3.63) is 28.8 Å². The summed E-state index contributed by atoms with van der Waals surface area (Å²) >= 11 is 5.83. The Balaban J connectivity index is 2.67. The number of aromatic hydroxyl groups is 1. The molecule has 0 heterocycles. The second-order valence-electron chi connectivity index (χ2n) is 2.56. The Kier molecular flexibility index (Phi) is 3.63. The van der Waals surface area contributed by atoms with E-state index in [0.29, 0.717) is 18.1 Å². The molecule has 0 fully saturated rings. The van der Waals surface area contributed by atoms with E-state index in [4.69, 9.17) is 18.0 Å². The second-order valence-corrected chi connectivity index (χ2v) is 2.94. The first kappa shape index (κ1) is 9.91. The van der Waals surface area contributed by atoms with Gasteiger partial charge in [0.25, 0.3) is 0 Å². The van der Waals surface area contributed by atoms with E-state index in [1.54, 1.807) is 12.1 Å². The van der Waals surface area contributed by atoms with Gasteiger partial charge in [-0.05, 0) is 11.6 Å². The summed E-state index contributed by atoms with van der Waals surface area (Å²) in [7, 11) is 0. The fraction of sp³-hybridized carbons (Fsp3) is 0.200. The summed E-state index contributed by atoms with van der Waals surface area (Å²) in [5.74, 6) is 2.55. The van der Waals surface area contributed by atoms with E-state index >= 15 is 0 Å². The summed E-state index contributed by atoms with van der Waals surface area (Å²) < 4.78 is 0. The van der Waals surface area contributed by atoms with Crippen molar-refractivity contribution in [3.8, 4) is 18.1 Å². The van der Waals surface area contributed by atoms with Gasteiger partial charge in [-0.2, -0.15) is 0 Å². The number of hydrogen-bond donors (Lipinski definition) is 2. The molecule has 2 nitrogen and oxygen atoms in total. The molecular weight excluding hydrogens is 186 g/mol. The first-order valence-corrected chi connectivity index (χ1v) is 4.24. The molecule has 0 radical (unpaired) electrons. The number of phenolic OH excluding ortho intramolecular Hbond substituents is 1. The largest absolute Gasteiger partial charge is 0.506 e. The molecule has 0 amide bonds. The molecule has 0 spiro atoms. The van der Waals surface area contributed by atoms with E-state index in [1.807, 2.05) is 6.07 Å². The molecule has 0 aromatic heterocycles. The number of rotatable bonds is 3. The highest BCUT2D eigenvalue weighted by Crippen LogP contribution is 2.26. The van der Waals surface area contributed by atoms with E-state index in [1.165, 1.54) is 0 Å². The summed E-state index contributed by atoms with van der Waals surface area (Å²) in [5.41, 5.74) is 0.844. The fourth-order valence-corrected chi connectivity index (χ4v) is 1.16. The van der Waals surface area contributed by atoms with Gasteiger partial charge in [0.2, 0.25) is 0 Å². The predicted octanol–water partition coefficient (Wildman–Crippen LogP) is 1.77. The molecule has 1 rings (SSSR count). The van der Waals surface area contributed by atoms with Gasteiger partial charge in [0.15, 0.2) is 0 Å². The monoisotopic (exact) mass is 195 g/mol. The summed E-state index contributed by atoms with van der Waals surface area (Å²) in [6.07, 6.45) is 5.07. The van der Waals surface area contributed by atoms with Crippen molar-refractivity contribution < 1.29 is 5.11 Å². The lowest BCUT2D eigenvalue weighted by Crippen LogP contribution is -2.13. The molecule has 1 aromatic rings. The van der Waals surface area contributed by atoms with Gasteiger partial charge in [0, 0.05) is 6.54 Å². The van der Waals surface area contributed by atoms with E-state index in [9.17, 15) is 5.11 Å². The Morgan fingerprint density at radius 3 is 3.00 bits per heavy atom. The van der Waals surface area contributed by atoms with Crippen molar-refractivity contribution in [2.24, 2.45) is 0 Å². The molecule has 0 bridgehead atoms. The molecule has 0 aliphatic rings. The average molecular weight is 196 g/mol. The molecule has 0 unspecified atom stereocenters. The van der Waals surface area contributed by atoms with Crippen LogP contribution in [0, 0.1) is 12.3 Å². The summed E-state index contributed by atoms with van der Waals surface area (Å²) in [6.45, 7) is 1.06. The molecule has 13 heavy (non-hydrogen) atoms. The zero-order valence-electron chi connectivity index (χ0n) is 7.05. The third kappa shape index (κ3) is 2.66. The minimum absolute atomic E-state index is 0.0988. The Morgan fingerprint density at radius 2 is 2.31 bits per heavy atom. The maximum Gasteiger partial charge on any atom is 0.134 e. The van der Waals surface area contributed by atoms with Crippen LogP contribution in [0.15, 0.2) is 18.2 Å². The van der Waals surface area contributed by atoms with Gasteiger partial charge in [0.1, 0.15) is 5.75 Å². The van der Waals surface area contributed by atoms with Crippen LogP contribution in [0.25, 0.3) is 0 Å². The van der Waals surface area contributed by atoms with Gasteiger partial charge >= 0.3 is 0 Å². The van der Waals surface area contributed by atoms with E-state index in [2.05, 4.69) is 11.2 Å². The highest BCUT2D eigenvalue weighted by molar-refractivity contribution is 6.32. The van der Waals surface area contributed by atoms with E-state index < -0.39 is 0 Å². The molecule has 0 saturated carbocycles. The Labute approximate surface area is 82.5 Å². The third-order valence-electron chi connectivity index (χ3n) is 1.60. The highest BCUT2D eigenvalue weighted by atomic mass is 35.5. The van der Waals surface area contributed by atoms with E-state index in [-0.39, 0.29) is 5.75 Å². The Morgan fingerprint density at radius 1 is 1.54 bits per heavy atom. The lowest BCUT2D eigenvalue weighted by molar-refractivity contribution is 0.474. The van der Waals surface area contributed by atoms with Crippen molar-refractivity contribution in [1.82, 2.24) is 5.32 Å². The zero-order valence-corrected chi connectivity index (χ0v) is 7.80. The van der Waals surface area contributed by atoms with Gasteiger partial charge in [-0.25, -0.2) is 0 Å². The van der Waals surface area contributed by atoms with Gasteiger partial charge in [-0.15, -0.1) is 6.42 Å². The molecule has 1 aromatic carbocycles. The Hall–Kier alpha value is -1.17. The maximum atomic E-state index is 9.26. The van der Waals surface area contributed by atoms with Crippen LogP contribution in [0.1, 0.15) is 5.56 Å². The van der Waals surface area contributed by atoms with Gasteiger partial charge < -0.3 is 10.4 Å². The summed E-state index contributed by atoms with van der Waals surface area (Å²) in [6, 6.07) is 5.13. The van der Waals surface area contributed by atoms with Gasteiger partial charge in [0.05, 0.1) is 11.6 Å². The standard InChI is InChI=1S/C10H10ClNO/c1-2-6-12-7-8-4-3-5-9(13)10(8)11/h1,3-5,12-13H,6-7H2. The minimum atomic E-state index is 0.0988. The van der Waals surface area contributed by atoms with Gasteiger partial charge in [-0.3, -0.25) is 0 Å². The van der Waals surface area contributed by atoms with Crippen LogP contribution in [0.5, 0.6) is 5.75 Å². The number of phenols is 1. The Bertz CT molecular complexity index is 330. The lowest BCUT2D eigenvalue weighted by atomic mass is 10.2. The van der Waals surface area contributed by atoms with Crippen LogP contribution in [-0.2, 0) is 6.54 Å². The number of nitrogens with one attached hydrogen (secondary N) is 1. The molecule has 0 aliphatic carbocycles. The van der Waals surface area contributed by atoms with Crippen molar-refractivity contribution >= 4 is 11.6 Å². The topological polar surface area (TPSA) is 32.3 Å². The molecule has 0 saturated heterocycles. The molecule has 68 valence electrons. The minimum Gasteiger partial charge on any atom is -0.506 e. The SMILES string of the molecule is C#CCNCc1cccc(O)c1Cl. The molecular formula is C10H10ClNO. The molecule has 2 N–H and O–H groups in total. The number of benzene rings is 1. The van der Waals surface area contributed by atoms with Gasteiger partial charge in [-0.1, -0.05) is 29.7 Å². The quantitative estimate of drug-likeness (QED) is 0.569.